The molecule has 1 saturated heterocycles. The fourth-order valence-electron chi connectivity index (χ4n) is 1.44. The SMILES string of the molecule is CCN=C(C)C(=O)NC1CCOCC1. The van der Waals surface area contributed by atoms with E-state index in [0.717, 1.165) is 26.1 Å². The van der Waals surface area contributed by atoms with Gasteiger partial charge in [0.1, 0.15) is 0 Å². The van der Waals surface area contributed by atoms with Crippen LogP contribution in [0, 0.1) is 0 Å². The van der Waals surface area contributed by atoms with Crippen LogP contribution in [0.1, 0.15) is 26.7 Å². The molecule has 1 aliphatic rings. The Morgan fingerprint density at radius 1 is 1.50 bits per heavy atom. The minimum absolute atomic E-state index is 0.0428. The van der Waals surface area contributed by atoms with Gasteiger partial charge in [0.05, 0.1) is 5.71 Å². The van der Waals surface area contributed by atoms with Gasteiger partial charge >= 0.3 is 0 Å². The fourth-order valence-corrected chi connectivity index (χ4v) is 1.44. The molecule has 1 amide bonds. The van der Waals surface area contributed by atoms with Crippen molar-refractivity contribution in [3.63, 3.8) is 0 Å². The average Bonchev–Trinajstić information content (AvgIpc) is 2.19. The van der Waals surface area contributed by atoms with Crippen LogP contribution in [0.25, 0.3) is 0 Å². The van der Waals surface area contributed by atoms with Crippen molar-refractivity contribution in [1.82, 2.24) is 5.32 Å². The molecule has 4 heteroatoms. The third kappa shape index (κ3) is 3.46. The van der Waals surface area contributed by atoms with E-state index in [-0.39, 0.29) is 11.9 Å². The van der Waals surface area contributed by atoms with Gasteiger partial charge in [-0.2, -0.15) is 0 Å². The van der Waals surface area contributed by atoms with E-state index >= 15 is 0 Å². The number of aliphatic imine (C=N–C) groups is 1. The zero-order valence-corrected chi connectivity index (χ0v) is 8.88. The summed E-state index contributed by atoms with van der Waals surface area (Å²) in [6.45, 7) is 5.82. The average molecular weight is 198 g/mol. The van der Waals surface area contributed by atoms with E-state index in [1.165, 1.54) is 0 Å². The molecule has 0 atom stereocenters. The molecule has 14 heavy (non-hydrogen) atoms. The smallest absolute Gasteiger partial charge is 0.265 e. The highest BCUT2D eigenvalue weighted by molar-refractivity contribution is 6.37. The molecule has 1 rings (SSSR count). The van der Waals surface area contributed by atoms with Gasteiger partial charge in [0, 0.05) is 25.8 Å². The quantitative estimate of drug-likeness (QED) is 0.681. The maximum Gasteiger partial charge on any atom is 0.265 e. The number of carbonyl (C=O) groups is 1. The van der Waals surface area contributed by atoms with Crippen molar-refractivity contribution < 1.29 is 9.53 Å². The molecule has 0 aromatic carbocycles. The van der Waals surface area contributed by atoms with Crippen LogP contribution < -0.4 is 5.32 Å². The first-order valence-corrected chi connectivity index (χ1v) is 5.13. The van der Waals surface area contributed by atoms with Crippen LogP contribution in [0.5, 0.6) is 0 Å². The van der Waals surface area contributed by atoms with Crippen molar-refractivity contribution in [2.75, 3.05) is 19.8 Å². The van der Waals surface area contributed by atoms with Crippen molar-refractivity contribution in [2.45, 2.75) is 32.7 Å². The first kappa shape index (κ1) is 11.2. The fraction of sp³-hybridized carbons (Fsp3) is 0.800. The molecule has 1 fully saturated rings. The summed E-state index contributed by atoms with van der Waals surface area (Å²) in [4.78, 5) is 15.6. The van der Waals surface area contributed by atoms with E-state index in [4.69, 9.17) is 4.74 Å². The Hall–Kier alpha value is -0.900. The van der Waals surface area contributed by atoms with Crippen molar-refractivity contribution in [3.8, 4) is 0 Å². The number of nitrogens with one attached hydrogen (secondary N) is 1. The van der Waals surface area contributed by atoms with E-state index < -0.39 is 0 Å². The Bertz CT molecular complexity index is 220. The van der Waals surface area contributed by atoms with Crippen molar-refractivity contribution in [3.05, 3.63) is 0 Å². The Balaban J connectivity index is 2.35. The van der Waals surface area contributed by atoms with Crippen LogP contribution in [0.15, 0.2) is 4.99 Å². The Morgan fingerprint density at radius 3 is 2.71 bits per heavy atom. The van der Waals surface area contributed by atoms with E-state index in [9.17, 15) is 4.79 Å². The number of amides is 1. The minimum atomic E-state index is -0.0428. The largest absolute Gasteiger partial charge is 0.381 e. The predicted octanol–water partition coefficient (Wildman–Crippen LogP) is 0.762. The summed E-state index contributed by atoms with van der Waals surface area (Å²) in [5.74, 6) is -0.0428. The summed E-state index contributed by atoms with van der Waals surface area (Å²) in [6, 6.07) is 0.262. The van der Waals surface area contributed by atoms with Crippen molar-refractivity contribution in [2.24, 2.45) is 4.99 Å². The number of hydrogen-bond acceptors (Lipinski definition) is 3. The Labute approximate surface area is 84.7 Å². The molecule has 0 unspecified atom stereocenters. The summed E-state index contributed by atoms with van der Waals surface area (Å²) in [6.07, 6.45) is 1.82. The summed E-state index contributed by atoms with van der Waals surface area (Å²) >= 11 is 0. The highest BCUT2D eigenvalue weighted by atomic mass is 16.5. The van der Waals surface area contributed by atoms with Crippen LogP contribution in [0.4, 0.5) is 0 Å². The zero-order valence-electron chi connectivity index (χ0n) is 8.88. The second-order valence-electron chi connectivity index (χ2n) is 3.42. The molecule has 0 saturated carbocycles. The maximum absolute atomic E-state index is 11.5. The van der Waals surface area contributed by atoms with Crippen LogP contribution in [0.2, 0.25) is 0 Å². The van der Waals surface area contributed by atoms with Crippen LogP contribution in [-0.4, -0.2) is 37.4 Å². The van der Waals surface area contributed by atoms with E-state index in [1.807, 2.05) is 6.92 Å². The van der Waals surface area contributed by atoms with Gasteiger partial charge in [-0.25, -0.2) is 0 Å². The summed E-state index contributed by atoms with van der Waals surface area (Å²) in [5, 5.41) is 2.95. The molecule has 1 heterocycles. The van der Waals surface area contributed by atoms with Crippen molar-refractivity contribution in [1.29, 1.82) is 0 Å². The number of hydrogen-bond donors (Lipinski definition) is 1. The van der Waals surface area contributed by atoms with E-state index in [0.29, 0.717) is 12.3 Å². The van der Waals surface area contributed by atoms with Gasteiger partial charge in [0.2, 0.25) is 0 Å². The molecule has 0 bridgehead atoms. The predicted molar refractivity (Wildman–Crippen MR) is 55.6 cm³/mol. The standard InChI is InChI=1S/C10H18N2O2/c1-3-11-8(2)10(13)12-9-4-6-14-7-5-9/h9H,3-7H2,1-2H3,(H,12,13). The molecule has 4 nitrogen and oxygen atoms in total. The highest BCUT2D eigenvalue weighted by Gasteiger charge is 2.16. The Kier molecular flexibility index (Phi) is 4.59. The molecule has 0 aliphatic carbocycles. The van der Waals surface area contributed by atoms with E-state index in [1.54, 1.807) is 6.92 Å². The van der Waals surface area contributed by atoms with Gasteiger partial charge in [-0.3, -0.25) is 9.79 Å². The van der Waals surface area contributed by atoms with Crippen LogP contribution >= 0.6 is 0 Å². The van der Waals surface area contributed by atoms with Gasteiger partial charge in [0.25, 0.3) is 5.91 Å². The normalized spacial score (nSPS) is 19.4. The molecule has 1 aliphatic heterocycles. The molecular weight excluding hydrogens is 180 g/mol. The number of rotatable bonds is 3. The second-order valence-corrected chi connectivity index (χ2v) is 3.42. The van der Waals surface area contributed by atoms with E-state index in [2.05, 4.69) is 10.3 Å². The van der Waals surface area contributed by atoms with Gasteiger partial charge < -0.3 is 10.1 Å². The lowest BCUT2D eigenvalue weighted by molar-refractivity contribution is -0.116. The third-order valence-corrected chi connectivity index (χ3v) is 2.28. The number of carbonyl (C=O) groups excluding carboxylic acids is 1. The molecule has 80 valence electrons. The first-order chi connectivity index (χ1) is 6.74. The summed E-state index contributed by atoms with van der Waals surface area (Å²) in [5.41, 5.74) is 0.569. The van der Waals surface area contributed by atoms with Crippen LogP contribution in [-0.2, 0) is 9.53 Å². The lowest BCUT2D eigenvalue weighted by atomic mass is 10.1. The monoisotopic (exact) mass is 198 g/mol. The second kappa shape index (κ2) is 5.75. The van der Waals surface area contributed by atoms with Gasteiger partial charge in [-0.15, -0.1) is 0 Å². The minimum Gasteiger partial charge on any atom is -0.381 e. The van der Waals surface area contributed by atoms with Crippen LogP contribution in [0.3, 0.4) is 0 Å². The third-order valence-electron chi connectivity index (χ3n) is 2.28. The molecule has 0 radical (unpaired) electrons. The van der Waals surface area contributed by atoms with Crippen molar-refractivity contribution >= 4 is 11.6 Å². The van der Waals surface area contributed by atoms with Gasteiger partial charge in [-0.1, -0.05) is 0 Å². The molecule has 0 spiro atoms. The molecule has 0 aromatic heterocycles. The highest BCUT2D eigenvalue weighted by Crippen LogP contribution is 2.05. The lowest BCUT2D eigenvalue weighted by Gasteiger charge is -2.22. The molecule has 0 aromatic rings. The number of ether oxygens (including phenoxy) is 1. The zero-order chi connectivity index (χ0) is 10.4. The Morgan fingerprint density at radius 2 is 2.14 bits per heavy atom. The van der Waals surface area contributed by atoms with Gasteiger partial charge in [-0.05, 0) is 26.7 Å². The first-order valence-electron chi connectivity index (χ1n) is 5.13. The maximum atomic E-state index is 11.5. The molecule has 1 N–H and O–H groups in total. The lowest BCUT2D eigenvalue weighted by Crippen LogP contribution is -2.41. The molecular formula is C10H18N2O2. The summed E-state index contributed by atoms with van der Waals surface area (Å²) in [7, 11) is 0. The van der Waals surface area contributed by atoms with Gasteiger partial charge in [0.15, 0.2) is 0 Å². The number of nitrogens with zero attached hydrogens (tertiary/aromatic N) is 1. The summed E-state index contributed by atoms with van der Waals surface area (Å²) < 4.78 is 5.21. The topological polar surface area (TPSA) is 50.7 Å².